The zero-order chi connectivity index (χ0) is 8.10. The van der Waals surface area contributed by atoms with E-state index in [1.165, 1.54) is 6.26 Å². The molecule has 1 aromatic heterocycles. The van der Waals surface area contributed by atoms with Crippen LogP contribution in [0.25, 0.3) is 0 Å². The van der Waals surface area contributed by atoms with E-state index in [1.807, 2.05) is 0 Å². The molecule has 0 aliphatic heterocycles. The molecular formula is C7H8ClNO2. The maximum Gasteiger partial charge on any atom is 0.192 e. The van der Waals surface area contributed by atoms with Gasteiger partial charge >= 0.3 is 0 Å². The van der Waals surface area contributed by atoms with Crippen LogP contribution in [0.5, 0.6) is 0 Å². The summed E-state index contributed by atoms with van der Waals surface area (Å²) in [5, 5.41) is 2.77. The van der Waals surface area contributed by atoms with Gasteiger partial charge in [-0.3, -0.25) is 4.79 Å². The Balaban J connectivity index is 2.29. The van der Waals surface area contributed by atoms with Crippen LogP contribution < -0.4 is 5.32 Å². The third-order valence-corrected chi connectivity index (χ3v) is 1.43. The Morgan fingerprint density at radius 1 is 1.73 bits per heavy atom. The van der Waals surface area contributed by atoms with Crippen LogP contribution in [0.1, 0.15) is 0 Å². The van der Waals surface area contributed by atoms with E-state index < -0.39 is 0 Å². The fourth-order valence-electron chi connectivity index (χ4n) is 0.612. The molecule has 0 atom stereocenters. The molecule has 0 saturated carbocycles. The number of alkyl halides is 1. The number of carbonyl (C=O) groups excluding carboxylic acids is 1. The Bertz CT molecular complexity index is 220. The molecule has 0 unspecified atom stereocenters. The number of ketones is 1. The van der Waals surface area contributed by atoms with Crippen molar-refractivity contribution in [1.82, 2.24) is 0 Å². The van der Waals surface area contributed by atoms with Crippen LogP contribution in [0.4, 0.5) is 5.88 Å². The molecule has 4 heteroatoms. The molecule has 0 bridgehead atoms. The van der Waals surface area contributed by atoms with Crippen LogP contribution in [0.3, 0.4) is 0 Å². The molecule has 0 spiro atoms. The molecule has 60 valence electrons. The van der Waals surface area contributed by atoms with Crippen molar-refractivity contribution in [3.8, 4) is 0 Å². The van der Waals surface area contributed by atoms with Gasteiger partial charge in [0.2, 0.25) is 0 Å². The molecule has 1 aromatic rings. The average Bonchev–Trinajstić information content (AvgIpc) is 2.52. The first-order valence-electron chi connectivity index (χ1n) is 3.18. The van der Waals surface area contributed by atoms with E-state index in [0.29, 0.717) is 5.88 Å². The summed E-state index contributed by atoms with van der Waals surface area (Å²) in [7, 11) is 0. The number of nitrogens with one attached hydrogen (secondary N) is 1. The number of hydrogen-bond donors (Lipinski definition) is 1. The number of carbonyl (C=O) groups is 1. The Labute approximate surface area is 69.3 Å². The van der Waals surface area contributed by atoms with Crippen molar-refractivity contribution in [2.24, 2.45) is 0 Å². The van der Waals surface area contributed by atoms with Gasteiger partial charge in [0.1, 0.15) is 0 Å². The van der Waals surface area contributed by atoms with E-state index in [1.54, 1.807) is 12.1 Å². The van der Waals surface area contributed by atoms with Crippen molar-refractivity contribution in [2.75, 3.05) is 17.7 Å². The first-order chi connectivity index (χ1) is 5.33. The van der Waals surface area contributed by atoms with Gasteiger partial charge < -0.3 is 9.73 Å². The summed E-state index contributed by atoms with van der Waals surface area (Å²) < 4.78 is 4.92. The summed E-state index contributed by atoms with van der Waals surface area (Å²) in [6.45, 7) is 0.219. The molecule has 0 aliphatic carbocycles. The third kappa shape index (κ3) is 2.63. The van der Waals surface area contributed by atoms with Crippen molar-refractivity contribution in [3.05, 3.63) is 18.4 Å². The van der Waals surface area contributed by atoms with Crippen LogP contribution in [0.2, 0.25) is 0 Å². The zero-order valence-electron chi connectivity index (χ0n) is 5.84. The molecular weight excluding hydrogens is 166 g/mol. The fraction of sp³-hybridized carbons (Fsp3) is 0.286. The van der Waals surface area contributed by atoms with Gasteiger partial charge in [-0.25, -0.2) is 0 Å². The number of anilines is 1. The van der Waals surface area contributed by atoms with Gasteiger partial charge in [-0.05, 0) is 6.07 Å². The average molecular weight is 174 g/mol. The molecule has 11 heavy (non-hydrogen) atoms. The van der Waals surface area contributed by atoms with E-state index in [0.717, 1.165) is 0 Å². The third-order valence-electron chi connectivity index (χ3n) is 1.13. The van der Waals surface area contributed by atoms with E-state index in [4.69, 9.17) is 16.0 Å². The normalized spacial score (nSPS) is 9.55. The second kappa shape index (κ2) is 4.03. The molecule has 1 heterocycles. The Morgan fingerprint density at radius 2 is 2.55 bits per heavy atom. The standard InChI is InChI=1S/C7H8ClNO2/c8-4-6(10)5-9-7-2-1-3-11-7/h1-3,9H,4-5H2. The molecule has 1 rings (SSSR count). The highest BCUT2D eigenvalue weighted by Crippen LogP contribution is 2.05. The maximum absolute atomic E-state index is 10.7. The topological polar surface area (TPSA) is 42.2 Å². The minimum Gasteiger partial charge on any atom is -0.449 e. The fourth-order valence-corrected chi connectivity index (χ4v) is 0.707. The van der Waals surface area contributed by atoms with E-state index in [9.17, 15) is 4.79 Å². The second-order valence-electron chi connectivity index (χ2n) is 2.00. The molecule has 0 radical (unpaired) electrons. The van der Waals surface area contributed by atoms with Crippen LogP contribution in [0, 0.1) is 0 Å². The van der Waals surface area contributed by atoms with Crippen molar-refractivity contribution in [3.63, 3.8) is 0 Å². The molecule has 3 nitrogen and oxygen atoms in total. The molecule has 0 amide bonds. The maximum atomic E-state index is 10.7. The van der Waals surface area contributed by atoms with Gasteiger partial charge in [-0.1, -0.05) is 0 Å². The number of hydrogen-bond acceptors (Lipinski definition) is 3. The second-order valence-corrected chi connectivity index (χ2v) is 2.27. The van der Waals surface area contributed by atoms with Gasteiger partial charge in [0.15, 0.2) is 11.7 Å². The zero-order valence-corrected chi connectivity index (χ0v) is 6.60. The lowest BCUT2D eigenvalue weighted by molar-refractivity contribution is -0.115. The smallest absolute Gasteiger partial charge is 0.192 e. The molecule has 1 N–H and O–H groups in total. The molecule has 0 fully saturated rings. The molecule has 0 aliphatic rings. The minimum absolute atomic E-state index is 0.0354. The van der Waals surface area contributed by atoms with Gasteiger partial charge in [0, 0.05) is 6.07 Å². The van der Waals surface area contributed by atoms with E-state index in [2.05, 4.69) is 5.32 Å². The van der Waals surface area contributed by atoms with E-state index in [-0.39, 0.29) is 18.2 Å². The molecule has 0 aromatic carbocycles. The summed E-state index contributed by atoms with van der Waals surface area (Å²) in [5.41, 5.74) is 0. The van der Waals surface area contributed by atoms with Crippen molar-refractivity contribution in [2.45, 2.75) is 0 Å². The SMILES string of the molecule is O=C(CCl)CNc1ccco1. The summed E-state index contributed by atoms with van der Waals surface area (Å²) in [4.78, 5) is 10.7. The number of halogens is 1. The Hall–Kier alpha value is -0.960. The number of furan rings is 1. The predicted molar refractivity (Wildman–Crippen MR) is 42.9 cm³/mol. The predicted octanol–water partition coefficient (Wildman–Crippen LogP) is 1.50. The number of rotatable bonds is 4. The summed E-state index contributed by atoms with van der Waals surface area (Å²) >= 11 is 5.27. The summed E-state index contributed by atoms with van der Waals surface area (Å²) in [5.74, 6) is 0.569. The first-order valence-corrected chi connectivity index (χ1v) is 3.71. The van der Waals surface area contributed by atoms with Crippen molar-refractivity contribution >= 4 is 23.3 Å². The van der Waals surface area contributed by atoms with E-state index >= 15 is 0 Å². The lowest BCUT2D eigenvalue weighted by Gasteiger charge is -1.97. The number of Topliss-reactive ketones (excluding diaryl/α,β-unsaturated/α-hetero) is 1. The highest BCUT2D eigenvalue weighted by Gasteiger charge is 1.99. The van der Waals surface area contributed by atoms with Gasteiger partial charge in [-0.15, -0.1) is 11.6 Å². The summed E-state index contributed by atoms with van der Waals surface area (Å²) in [6, 6.07) is 3.48. The van der Waals surface area contributed by atoms with Gasteiger partial charge in [0.05, 0.1) is 18.7 Å². The lowest BCUT2D eigenvalue weighted by atomic mass is 10.4. The van der Waals surface area contributed by atoms with Crippen LogP contribution in [-0.4, -0.2) is 18.2 Å². The monoisotopic (exact) mass is 173 g/mol. The Kier molecular flexibility index (Phi) is 2.98. The van der Waals surface area contributed by atoms with Gasteiger partial charge in [-0.2, -0.15) is 0 Å². The minimum atomic E-state index is -0.0527. The summed E-state index contributed by atoms with van der Waals surface area (Å²) in [6.07, 6.45) is 1.54. The molecule has 0 saturated heterocycles. The highest BCUT2D eigenvalue weighted by atomic mass is 35.5. The first kappa shape index (κ1) is 8.14. The quantitative estimate of drug-likeness (QED) is 0.702. The van der Waals surface area contributed by atoms with Crippen LogP contribution >= 0.6 is 11.6 Å². The van der Waals surface area contributed by atoms with Crippen molar-refractivity contribution in [1.29, 1.82) is 0 Å². The van der Waals surface area contributed by atoms with Gasteiger partial charge in [0.25, 0.3) is 0 Å². The highest BCUT2D eigenvalue weighted by molar-refractivity contribution is 6.28. The Morgan fingerprint density at radius 3 is 3.09 bits per heavy atom. The van der Waals surface area contributed by atoms with Crippen LogP contribution in [0.15, 0.2) is 22.8 Å². The van der Waals surface area contributed by atoms with Crippen LogP contribution in [-0.2, 0) is 4.79 Å². The van der Waals surface area contributed by atoms with Crippen molar-refractivity contribution < 1.29 is 9.21 Å². The lowest BCUT2D eigenvalue weighted by Crippen LogP contribution is -2.14. The largest absolute Gasteiger partial charge is 0.449 e.